The molecular formula is C23H22ClF3N4O2S. The number of nitrogens with zero attached hydrogens (tertiary/aromatic N) is 3. The van der Waals surface area contributed by atoms with Gasteiger partial charge in [0.1, 0.15) is 0 Å². The summed E-state index contributed by atoms with van der Waals surface area (Å²) in [6.45, 7) is 1.05. The predicted octanol–water partition coefficient (Wildman–Crippen LogP) is 4.68. The summed E-state index contributed by atoms with van der Waals surface area (Å²) < 4.78 is 67.2. The minimum Gasteiger partial charge on any atom is -0.291 e. The Labute approximate surface area is 200 Å². The van der Waals surface area contributed by atoms with Crippen molar-refractivity contribution in [3.8, 4) is 0 Å². The largest absolute Gasteiger partial charge is 0.416 e. The highest BCUT2D eigenvalue weighted by molar-refractivity contribution is 7.89. The summed E-state index contributed by atoms with van der Waals surface area (Å²) in [5, 5.41) is 0.450. The minimum absolute atomic E-state index is 0.140. The smallest absolute Gasteiger partial charge is 0.291 e. The van der Waals surface area contributed by atoms with Gasteiger partial charge in [-0.1, -0.05) is 23.7 Å². The topological polar surface area (TPSA) is 75.2 Å². The third-order valence-corrected chi connectivity index (χ3v) is 7.55. The van der Waals surface area contributed by atoms with Crippen molar-refractivity contribution >= 4 is 21.6 Å². The lowest BCUT2D eigenvalue weighted by Gasteiger charge is -2.37. The zero-order valence-electron chi connectivity index (χ0n) is 17.9. The molecule has 3 aromatic rings. The van der Waals surface area contributed by atoms with Crippen LogP contribution >= 0.6 is 11.6 Å². The Kier molecular flexibility index (Phi) is 7.22. The molecule has 1 aliphatic rings. The van der Waals surface area contributed by atoms with Crippen LogP contribution in [0.4, 0.5) is 13.2 Å². The number of sulfonamides is 1. The van der Waals surface area contributed by atoms with Gasteiger partial charge in [-0.15, -0.1) is 0 Å². The molecule has 1 N–H and O–H groups in total. The Morgan fingerprint density at radius 3 is 2.21 bits per heavy atom. The van der Waals surface area contributed by atoms with Gasteiger partial charge < -0.3 is 0 Å². The number of hydrogen-bond acceptors (Lipinski definition) is 5. The van der Waals surface area contributed by atoms with Crippen molar-refractivity contribution in [2.75, 3.05) is 13.1 Å². The summed E-state index contributed by atoms with van der Waals surface area (Å²) in [7, 11) is -3.69. The van der Waals surface area contributed by atoms with Gasteiger partial charge in [-0.05, 0) is 54.8 Å². The van der Waals surface area contributed by atoms with E-state index in [1.807, 2.05) is 0 Å². The number of rotatable bonds is 6. The van der Waals surface area contributed by atoms with Gasteiger partial charge in [0, 0.05) is 36.5 Å². The molecule has 1 aromatic heterocycles. The quantitative estimate of drug-likeness (QED) is 0.521. The van der Waals surface area contributed by atoms with Crippen molar-refractivity contribution < 1.29 is 21.6 Å². The van der Waals surface area contributed by atoms with Crippen molar-refractivity contribution in [2.45, 2.75) is 36.0 Å². The predicted molar refractivity (Wildman–Crippen MR) is 122 cm³/mol. The first-order valence-corrected chi connectivity index (χ1v) is 12.4. The van der Waals surface area contributed by atoms with Gasteiger partial charge in [-0.2, -0.15) is 13.2 Å². The molecule has 2 aromatic carbocycles. The van der Waals surface area contributed by atoms with Crippen LogP contribution < -0.4 is 4.72 Å². The zero-order chi connectivity index (χ0) is 24.3. The third-order valence-electron chi connectivity index (χ3n) is 5.76. The van der Waals surface area contributed by atoms with E-state index < -0.39 is 27.8 Å². The van der Waals surface area contributed by atoms with Crippen molar-refractivity contribution in [3.05, 3.63) is 89.0 Å². The molecular weight excluding hydrogens is 489 g/mol. The Morgan fingerprint density at radius 2 is 1.65 bits per heavy atom. The summed E-state index contributed by atoms with van der Waals surface area (Å²) >= 11 is 5.85. The molecule has 0 saturated carbocycles. The maximum atomic E-state index is 13.0. The Hall–Kier alpha value is -2.53. The summed E-state index contributed by atoms with van der Waals surface area (Å²) in [6, 6.07) is 10.3. The first-order valence-electron chi connectivity index (χ1n) is 10.6. The number of likely N-dealkylation sites (tertiary alicyclic amines) is 1. The molecule has 0 radical (unpaired) electrons. The molecule has 0 spiro atoms. The molecule has 11 heteroatoms. The van der Waals surface area contributed by atoms with Crippen molar-refractivity contribution in [1.29, 1.82) is 0 Å². The SMILES string of the molecule is O=S(=O)(NC1CCN(C(c2ccc(C(F)(F)F)cc2)c2cnccn2)CC1)c1ccc(Cl)cc1. The number of hydrogen-bond donors (Lipinski definition) is 1. The molecule has 1 aliphatic heterocycles. The van der Waals surface area contributed by atoms with E-state index in [0.29, 0.717) is 42.2 Å². The van der Waals surface area contributed by atoms with Crippen LogP contribution in [0, 0.1) is 0 Å². The Bertz CT molecular complexity index is 1200. The van der Waals surface area contributed by atoms with E-state index in [9.17, 15) is 21.6 Å². The van der Waals surface area contributed by atoms with E-state index in [2.05, 4.69) is 19.6 Å². The fourth-order valence-corrected chi connectivity index (χ4v) is 5.48. The molecule has 4 rings (SSSR count). The van der Waals surface area contributed by atoms with Crippen LogP contribution in [0.25, 0.3) is 0 Å². The molecule has 6 nitrogen and oxygen atoms in total. The Morgan fingerprint density at radius 1 is 1.00 bits per heavy atom. The van der Waals surface area contributed by atoms with Crippen LogP contribution in [0.2, 0.25) is 5.02 Å². The maximum absolute atomic E-state index is 13.0. The lowest BCUT2D eigenvalue weighted by molar-refractivity contribution is -0.137. The number of benzene rings is 2. The molecule has 0 amide bonds. The first-order chi connectivity index (χ1) is 16.1. The number of piperidine rings is 1. The molecule has 1 fully saturated rings. The highest BCUT2D eigenvalue weighted by Gasteiger charge is 2.33. The zero-order valence-corrected chi connectivity index (χ0v) is 19.5. The molecule has 1 atom stereocenters. The van der Waals surface area contributed by atoms with Gasteiger partial charge in [0.05, 0.1) is 28.4 Å². The van der Waals surface area contributed by atoms with Gasteiger partial charge >= 0.3 is 6.18 Å². The van der Waals surface area contributed by atoms with Gasteiger partial charge in [0.25, 0.3) is 0 Å². The van der Waals surface area contributed by atoms with Crippen molar-refractivity contribution in [2.24, 2.45) is 0 Å². The van der Waals surface area contributed by atoms with Crippen LogP contribution in [-0.4, -0.2) is 42.4 Å². The number of alkyl halides is 3. The lowest BCUT2D eigenvalue weighted by Crippen LogP contribution is -2.46. The van der Waals surface area contributed by atoms with Crippen molar-refractivity contribution in [1.82, 2.24) is 19.6 Å². The summed E-state index contributed by atoms with van der Waals surface area (Å²) in [4.78, 5) is 10.7. The van der Waals surface area contributed by atoms with E-state index in [0.717, 1.165) is 12.1 Å². The van der Waals surface area contributed by atoms with E-state index >= 15 is 0 Å². The van der Waals surface area contributed by atoms with Crippen molar-refractivity contribution in [3.63, 3.8) is 0 Å². The number of halogens is 4. The minimum atomic E-state index is -4.42. The van der Waals surface area contributed by atoms with Gasteiger partial charge in [-0.25, -0.2) is 13.1 Å². The number of aromatic nitrogens is 2. The molecule has 1 saturated heterocycles. The molecule has 34 heavy (non-hydrogen) atoms. The fraction of sp³-hybridized carbons (Fsp3) is 0.304. The molecule has 1 unspecified atom stereocenters. The second kappa shape index (κ2) is 9.99. The molecule has 180 valence electrons. The number of nitrogens with one attached hydrogen (secondary N) is 1. The first kappa shape index (κ1) is 24.6. The van der Waals surface area contributed by atoms with Crippen LogP contribution in [-0.2, 0) is 16.2 Å². The average molecular weight is 511 g/mol. The summed E-state index contributed by atoms with van der Waals surface area (Å²) in [5.41, 5.74) is 0.556. The summed E-state index contributed by atoms with van der Waals surface area (Å²) in [6.07, 6.45) is 1.32. The van der Waals surface area contributed by atoms with Gasteiger partial charge in [0.15, 0.2) is 0 Å². The molecule has 0 aliphatic carbocycles. The van der Waals surface area contributed by atoms with Crippen LogP contribution in [0.1, 0.15) is 35.7 Å². The maximum Gasteiger partial charge on any atom is 0.416 e. The molecule has 0 bridgehead atoms. The van der Waals surface area contributed by atoms with Crippen LogP contribution in [0.15, 0.2) is 72.0 Å². The molecule has 2 heterocycles. The van der Waals surface area contributed by atoms with Gasteiger partial charge in [0.2, 0.25) is 10.0 Å². The third kappa shape index (κ3) is 5.75. The van der Waals surface area contributed by atoms with E-state index in [4.69, 9.17) is 11.6 Å². The average Bonchev–Trinajstić information content (AvgIpc) is 2.81. The van der Waals surface area contributed by atoms with Crippen LogP contribution in [0.3, 0.4) is 0 Å². The monoisotopic (exact) mass is 510 g/mol. The van der Waals surface area contributed by atoms with E-state index in [1.54, 1.807) is 12.4 Å². The van der Waals surface area contributed by atoms with Gasteiger partial charge in [-0.3, -0.25) is 14.9 Å². The normalized spacial score (nSPS) is 16.9. The highest BCUT2D eigenvalue weighted by Crippen LogP contribution is 2.34. The standard InChI is InChI=1S/C23H22ClF3N4O2S/c24-18-5-7-20(8-6-18)34(32,33)30-19-9-13-31(14-10-19)22(21-15-28-11-12-29-21)16-1-3-17(4-2-16)23(25,26)27/h1-8,11-12,15,19,22,30H,9-10,13-14H2. The highest BCUT2D eigenvalue weighted by atomic mass is 35.5. The lowest BCUT2D eigenvalue weighted by atomic mass is 9.96. The second-order valence-electron chi connectivity index (χ2n) is 8.04. The van der Waals surface area contributed by atoms with Crippen LogP contribution in [0.5, 0.6) is 0 Å². The second-order valence-corrected chi connectivity index (χ2v) is 10.2. The fourth-order valence-electron chi connectivity index (χ4n) is 4.05. The Balaban J connectivity index is 1.50. The van der Waals surface area contributed by atoms with E-state index in [1.165, 1.54) is 42.6 Å². The van der Waals surface area contributed by atoms with E-state index in [-0.39, 0.29) is 10.9 Å². The summed E-state index contributed by atoms with van der Waals surface area (Å²) in [5.74, 6) is 0.